The fraction of sp³-hybridized carbons (Fsp3) is 0.278. The molecule has 0 unspecified atom stereocenters. The van der Waals surface area contributed by atoms with Crippen LogP contribution in [0.15, 0.2) is 36.4 Å². The molecule has 6 nitrogen and oxygen atoms in total. The third-order valence-corrected chi connectivity index (χ3v) is 3.91. The van der Waals surface area contributed by atoms with Crippen molar-refractivity contribution >= 4 is 0 Å². The van der Waals surface area contributed by atoms with E-state index in [1.807, 2.05) is 18.2 Å². The van der Waals surface area contributed by atoms with Gasteiger partial charge in [0, 0.05) is 5.56 Å². The molecule has 2 aromatic carbocycles. The Morgan fingerprint density at radius 2 is 1.75 bits per heavy atom. The molecule has 0 spiro atoms. The average molecular weight is 324 g/mol. The molecule has 3 aromatic rings. The topological polar surface area (TPSA) is 62.1 Å². The smallest absolute Gasteiger partial charge is 0.205 e. The number of aryl methyl sites for hydroxylation is 2. The highest BCUT2D eigenvalue weighted by Crippen LogP contribution is 2.30. The second kappa shape index (κ2) is 6.70. The molecule has 0 aliphatic carbocycles. The number of ether oxygens (including phenoxy) is 2. The Kier molecular flexibility index (Phi) is 4.46. The summed E-state index contributed by atoms with van der Waals surface area (Å²) in [5.74, 6) is 1.87. The lowest BCUT2D eigenvalue weighted by Crippen LogP contribution is -2.05. The first kappa shape index (κ1) is 16.0. The van der Waals surface area contributed by atoms with Gasteiger partial charge in [0.25, 0.3) is 0 Å². The maximum absolute atomic E-state index is 5.32. The SMILES string of the molecule is COc1ccc(-c2nnn(Cc3cc(C)ccc3C)n2)cc1OC. The van der Waals surface area contributed by atoms with Crippen LogP contribution in [-0.4, -0.2) is 34.4 Å². The van der Waals surface area contributed by atoms with Gasteiger partial charge in [0.05, 0.1) is 20.8 Å². The molecule has 1 heterocycles. The molecule has 0 fully saturated rings. The summed E-state index contributed by atoms with van der Waals surface area (Å²) in [4.78, 5) is 1.60. The van der Waals surface area contributed by atoms with Gasteiger partial charge >= 0.3 is 0 Å². The van der Waals surface area contributed by atoms with Crippen LogP contribution in [0.1, 0.15) is 16.7 Å². The highest BCUT2D eigenvalue weighted by Gasteiger charge is 2.11. The van der Waals surface area contributed by atoms with Crippen molar-refractivity contribution < 1.29 is 9.47 Å². The molecular formula is C18H20N4O2. The zero-order valence-electron chi connectivity index (χ0n) is 14.3. The number of rotatable bonds is 5. The van der Waals surface area contributed by atoms with Crippen molar-refractivity contribution in [2.45, 2.75) is 20.4 Å². The van der Waals surface area contributed by atoms with Gasteiger partial charge < -0.3 is 9.47 Å². The molecule has 0 bridgehead atoms. The molecular weight excluding hydrogens is 304 g/mol. The van der Waals surface area contributed by atoms with Crippen LogP contribution in [0.5, 0.6) is 11.5 Å². The maximum Gasteiger partial charge on any atom is 0.205 e. The van der Waals surface area contributed by atoms with Crippen molar-refractivity contribution in [2.24, 2.45) is 0 Å². The highest BCUT2D eigenvalue weighted by atomic mass is 16.5. The van der Waals surface area contributed by atoms with E-state index < -0.39 is 0 Å². The van der Waals surface area contributed by atoms with E-state index in [1.54, 1.807) is 19.0 Å². The van der Waals surface area contributed by atoms with Gasteiger partial charge in [-0.1, -0.05) is 23.8 Å². The normalized spacial score (nSPS) is 10.7. The van der Waals surface area contributed by atoms with Crippen molar-refractivity contribution in [3.05, 3.63) is 53.1 Å². The molecule has 0 radical (unpaired) electrons. The summed E-state index contributed by atoms with van der Waals surface area (Å²) in [5, 5.41) is 12.8. The first-order valence-corrected chi connectivity index (χ1v) is 7.67. The molecule has 0 saturated carbocycles. The van der Waals surface area contributed by atoms with Crippen LogP contribution in [0.3, 0.4) is 0 Å². The third-order valence-electron chi connectivity index (χ3n) is 3.91. The minimum atomic E-state index is 0.557. The summed E-state index contributed by atoms with van der Waals surface area (Å²) < 4.78 is 10.6. The minimum absolute atomic E-state index is 0.557. The molecule has 0 aliphatic rings. The molecule has 6 heteroatoms. The summed E-state index contributed by atoms with van der Waals surface area (Å²) in [6, 6.07) is 11.9. The number of hydrogen-bond acceptors (Lipinski definition) is 5. The van der Waals surface area contributed by atoms with Gasteiger partial charge in [-0.15, -0.1) is 10.2 Å². The minimum Gasteiger partial charge on any atom is -0.493 e. The van der Waals surface area contributed by atoms with Crippen molar-refractivity contribution in [3.8, 4) is 22.9 Å². The number of nitrogens with zero attached hydrogens (tertiary/aromatic N) is 4. The zero-order valence-corrected chi connectivity index (χ0v) is 14.3. The molecule has 124 valence electrons. The van der Waals surface area contributed by atoms with E-state index >= 15 is 0 Å². The molecule has 0 N–H and O–H groups in total. The van der Waals surface area contributed by atoms with Gasteiger partial charge in [-0.3, -0.25) is 0 Å². The number of hydrogen-bond donors (Lipinski definition) is 0. The second-order valence-corrected chi connectivity index (χ2v) is 5.64. The number of aromatic nitrogens is 4. The predicted octanol–water partition coefficient (Wildman–Crippen LogP) is 3.02. The first-order chi connectivity index (χ1) is 11.6. The Morgan fingerprint density at radius 1 is 0.958 bits per heavy atom. The van der Waals surface area contributed by atoms with Crippen molar-refractivity contribution in [2.75, 3.05) is 14.2 Å². The Balaban J connectivity index is 1.87. The molecule has 0 atom stereocenters. The summed E-state index contributed by atoms with van der Waals surface area (Å²) in [6.45, 7) is 4.75. The van der Waals surface area contributed by atoms with E-state index in [9.17, 15) is 0 Å². The maximum atomic E-state index is 5.32. The molecule has 24 heavy (non-hydrogen) atoms. The van der Waals surface area contributed by atoms with Gasteiger partial charge in [0.2, 0.25) is 5.82 Å². The monoisotopic (exact) mass is 324 g/mol. The Hall–Kier alpha value is -2.89. The number of benzene rings is 2. The van der Waals surface area contributed by atoms with Crippen LogP contribution in [0.4, 0.5) is 0 Å². The van der Waals surface area contributed by atoms with E-state index in [4.69, 9.17) is 9.47 Å². The first-order valence-electron chi connectivity index (χ1n) is 7.67. The standard InChI is InChI=1S/C18H20N4O2/c1-12-5-6-13(2)15(9-12)11-22-20-18(19-21-22)14-7-8-16(23-3)17(10-14)24-4/h5-10H,11H2,1-4H3. The summed E-state index contributed by atoms with van der Waals surface area (Å²) in [6.07, 6.45) is 0. The predicted molar refractivity (Wildman–Crippen MR) is 91.4 cm³/mol. The molecule has 1 aromatic heterocycles. The lowest BCUT2D eigenvalue weighted by Gasteiger charge is -2.07. The summed E-state index contributed by atoms with van der Waals surface area (Å²) >= 11 is 0. The van der Waals surface area contributed by atoms with E-state index in [0.717, 1.165) is 5.56 Å². The number of tetrazole rings is 1. The van der Waals surface area contributed by atoms with Crippen LogP contribution in [0.25, 0.3) is 11.4 Å². The zero-order chi connectivity index (χ0) is 17.1. The largest absolute Gasteiger partial charge is 0.493 e. The highest BCUT2D eigenvalue weighted by molar-refractivity contribution is 5.60. The van der Waals surface area contributed by atoms with Crippen LogP contribution >= 0.6 is 0 Å². The van der Waals surface area contributed by atoms with E-state index in [0.29, 0.717) is 23.9 Å². The van der Waals surface area contributed by atoms with Crippen molar-refractivity contribution in [1.29, 1.82) is 0 Å². The van der Waals surface area contributed by atoms with Gasteiger partial charge in [0.15, 0.2) is 11.5 Å². The molecule has 0 aliphatic heterocycles. The lowest BCUT2D eigenvalue weighted by molar-refractivity contribution is 0.355. The van der Waals surface area contributed by atoms with Gasteiger partial charge in [0.1, 0.15) is 0 Å². The van der Waals surface area contributed by atoms with Crippen molar-refractivity contribution in [3.63, 3.8) is 0 Å². The van der Waals surface area contributed by atoms with E-state index in [1.165, 1.54) is 16.7 Å². The summed E-state index contributed by atoms with van der Waals surface area (Å²) in [7, 11) is 3.21. The molecule has 0 saturated heterocycles. The Bertz CT molecular complexity index is 858. The lowest BCUT2D eigenvalue weighted by atomic mass is 10.1. The van der Waals surface area contributed by atoms with Gasteiger partial charge in [-0.05, 0) is 48.4 Å². The van der Waals surface area contributed by atoms with Crippen molar-refractivity contribution in [1.82, 2.24) is 20.2 Å². The molecule has 0 amide bonds. The second-order valence-electron chi connectivity index (χ2n) is 5.64. The third kappa shape index (κ3) is 3.22. The Labute approximate surface area is 141 Å². The fourth-order valence-corrected chi connectivity index (χ4v) is 2.52. The summed E-state index contributed by atoms with van der Waals surface area (Å²) in [5.41, 5.74) is 4.45. The van der Waals surface area contributed by atoms with E-state index in [2.05, 4.69) is 47.5 Å². The van der Waals surface area contributed by atoms with E-state index in [-0.39, 0.29) is 0 Å². The van der Waals surface area contributed by atoms with Gasteiger partial charge in [-0.2, -0.15) is 4.80 Å². The van der Waals surface area contributed by atoms with Crippen LogP contribution in [0.2, 0.25) is 0 Å². The van der Waals surface area contributed by atoms with Gasteiger partial charge in [-0.25, -0.2) is 0 Å². The van der Waals surface area contributed by atoms with Crippen LogP contribution in [0, 0.1) is 13.8 Å². The number of methoxy groups -OCH3 is 2. The Morgan fingerprint density at radius 3 is 2.50 bits per heavy atom. The fourth-order valence-electron chi connectivity index (χ4n) is 2.52. The van der Waals surface area contributed by atoms with Crippen LogP contribution in [-0.2, 0) is 6.54 Å². The quantitative estimate of drug-likeness (QED) is 0.722. The average Bonchev–Trinajstić information content (AvgIpc) is 3.06. The van der Waals surface area contributed by atoms with Crippen LogP contribution < -0.4 is 9.47 Å². The molecule has 3 rings (SSSR count).